The summed E-state index contributed by atoms with van der Waals surface area (Å²) in [4.78, 5) is 21.9. The number of amides is 1. The lowest BCUT2D eigenvalue weighted by molar-refractivity contribution is -0.387. The van der Waals surface area contributed by atoms with Crippen molar-refractivity contribution in [2.45, 2.75) is 38.6 Å². The van der Waals surface area contributed by atoms with Gasteiger partial charge < -0.3 is 5.32 Å². The summed E-state index contributed by atoms with van der Waals surface area (Å²) >= 11 is 0. The Balaban J connectivity index is 2.07. The second kappa shape index (κ2) is 5.98. The number of hydrogen-bond donors (Lipinski definition) is 1. The predicted octanol–water partition coefficient (Wildman–Crippen LogP) is 3.04. The Hall–Kier alpha value is -1.98. The van der Waals surface area contributed by atoms with Crippen LogP contribution < -0.4 is 5.32 Å². The lowest BCUT2D eigenvalue weighted by Crippen LogP contribution is -2.34. The van der Waals surface area contributed by atoms with Crippen LogP contribution in [0.3, 0.4) is 0 Å². The summed E-state index contributed by atoms with van der Waals surface area (Å²) in [6.07, 6.45) is 4.15. The molecule has 1 atom stereocenters. The smallest absolute Gasteiger partial charge is 0.305 e. The zero-order chi connectivity index (χ0) is 14.7. The van der Waals surface area contributed by atoms with E-state index in [0.29, 0.717) is 5.92 Å². The van der Waals surface area contributed by atoms with E-state index < -0.39 is 16.4 Å². The third-order valence-electron chi connectivity index (χ3n) is 3.55. The summed E-state index contributed by atoms with van der Waals surface area (Å²) in [6, 6.07) is 3.27. The normalized spacial score (nSPS) is 15.7. The maximum Gasteiger partial charge on any atom is 0.305 e. The van der Waals surface area contributed by atoms with Gasteiger partial charge in [-0.15, -0.1) is 0 Å². The molecule has 0 aliphatic heterocycles. The highest BCUT2D eigenvalue weighted by atomic mass is 19.1. The van der Waals surface area contributed by atoms with Gasteiger partial charge in [-0.1, -0.05) is 19.8 Å². The number of benzene rings is 1. The van der Waals surface area contributed by atoms with Crippen LogP contribution in [0.1, 0.15) is 43.0 Å². The van der Waals surface area contributed by atoms with E-state index in [4.69, 9.17) is 0 Å². The number of halogens is 1. The van der Waals surface area contributed by atoms with E-state index in [1.807, 2.05) is 6.92 Å². The van der Waals surface area contributed by atoms with E-state index in [2.05, 4.69) is 5.32 Å². The largest absolute Gasteiger partial charge is 0.349 e. The molecule has 0 spiro atoms. The molecule has 0 saturated heterocycles. The Kier molecular flexibility index (Phi) is 4.32. The van der Waals surface area contributed by atoms with E-state index in [1.54, 1.807) is 0 Å². The zero-order valence-electron chi connectivity index (χ0n) is 11.3. The molecule has 1 unspecified atom stereocenters. The van der Waals surface area contributed by atoms with Crippen LogP contribution in [0.25, 0.3) is 0 Å². The summed E-state index contributed by atoms with van der Waals surface area (Å²) in [5.41, 5.74) is -0.555. The number of rotatable bonds is 6. The molecule has 1 aromatic rings. The van der Waals surface area contributed by atoms with Crippen molar-refractivity contribution in [2.75, 3.05) is 0 Å². The quantitative estimate of drug-likeness (QED) is 0.643. The number of hydrogen-bond acceptors (Lipinski definition) is 3. The summed E-state index contributed by atoms with van der Waals surface area (Å²) in [6.45, 7) is 1.99. The molecule has 1 aromatic carbocycles. The standard InChI is InChI=1S/C14H17FN2O3/c1-2-11(7-9-3-4-9)16-14(18)10-5-6-12(15)13(8-10)17(19)20/h5-6,8-9,11H,2-4,7H2,1H3,(H,16,18). The number of nitro benzene ring substituents is 1. The molecule has 20 heavy (non-hydrogen) atoms. The summed E-state index contributed by atoms with van der Waals surface area (Å²) < 4.78 is 13.2. The van der Waals surface area contributed by atoms with Gasteiger partial charge in [0.15, 0.2) is 0 Å². The fraction of sp³-hybridized carbons (Fsp3) is 0.500. The molecule has 0 heterocycles. The first-order valence-corrected chi connectivity index (χ1v) is 6.76. The molecule has 2 rings (SSSR count). The fourth-order valence-electron chi connectivity index (χ4n) is 2.15. The first-order chi connectivity index (χ1) is 9.51. The van der Waals surface area contributed by atoms with E-state index in [1.165, 1.54) is 18.9 Å². The molecule has 1 N–H and O–H groups in total. The first-order valence-electron chi connectivity index (χ1n) is 6.76. The van der Waals surface area contributed by atoms with Crippen LogP contribution in [-0.4, -0.2) is 16.9 Å². The zero-order valence-corrected chi connectivity index (χ0v) is 11.3. The van der Waals surface area contributed by atoms with E-state index >= 15 is 0 Å². The van der Waals surface area contributed by atoms with Crippen molar-refractivity contribution in [1.82, 2.24) is 5.32 Å². The third-order valence-corrected chi connectivity index (χ3v) is 3.55. The second-order valence-electron chi connectivity index (χ2n) is 5.18. The Bertz CT molecular complexity index is 529. The molecule has 1 aliphatic rings. The minimum atomic E-state index is -0.934. The number of nitro groups is 1. The molecule has 5 nitrogen and oxygen atoms in total. The van der Waals surface area contributed by atoms with Crippen LogP contribution in [-0.2, 0) is 0 Å². The van der Waals surface area contributed by atoms with E-state index in [9.17, 15) is 19.3 Å². The van der Waals surface area contributed by atoms with Gasteiger partial charge in [0.25, 0.3) is 5.91 Å². The van der Waals surface area contributed by atoms with Gasteiger partial charge in [0, 0.05) is 17.7 Å². The van der Waals surface area contributed by atoms with Gasteiger partial charge in [-0.25, -0.2) is 0 Å². The predicted molar refractivity (Wildman–Crippen MR) is 71.9 cm³/mol. The lowest BCUT2D eigenvalue weighted by Gasteiger charge is -2.16. The van der Waals surface area contributed by atoms with Gasteiger partial charge in [-0.05, 0) is 30.9 Å². The molecule has 6 heteroatoms. The molecule has 108 valence electrons. The van der Waals surface area contributed by atoms with Crippen molar-refractivity contribution in [3.8, 4) is 0 Å². The Morgan fingerprint density at radius 3 is 2.80 bits per heavy atom. The number of nitrogens with one attached hydrogen (secondary N) is 1. The van der Waals surface area contributed by atoms with Crippen LogP contribution in [0.15, 0.2) is 18.2 Å². The Labute approximate surface area is 116 Å². The van der Waals surface area contributed by atoms with Crippen molar-refractivity contribution in [3.63, 3.8) is 0 Å². The van der Waals surface area contributed by atoms with Crippen molar-refractivity contribution in [3.05, 3.63) is 39.7 Å². The van der Waals surface area contributed by atoms with Gasteiger partial charge in [-0.2, -0.15) is 4.39 Å². The van der Waals surface area contributed by atoms with Crippen LogP contribution in [0.5, 0.6) is 0 Å². The molecular weight excluding hydrogens is 263 g/mol. The van der Waals surface area contributed by atoms with Crippen molar-refractivity contribution in [1.29, 1.82) is 0 Å². The molecule has 1 fully saturated rings. The summed E-state index contributed by atoms with van der Waals surface area (Å²) in [5, 5.41) is 13.5. The highest BCUT2D eigenvalue weighted by Gasteiger charge is 2.26. The maximum atomic E-state index is 13.2. The molecule has 0 aromatic heterocycles. The van der Waals surface area contributed by atoms with Gasteiger partial charge in [0.2, 0.25) is 5.82 Å². The van der Waals surface area contributed by atoms with Gasteiger partial charge >= 0.3 is 5.69 Å². The van der Waals surface area contributed by atoms with Crippen LogP contribution >= 0.6 is 0 Å². The Morgan fingerprint density at radius 1 is 1.55 bits per heavy atom. The minimum Gasteiger partial charge on any atom is -0.349 e. The summed E-state index contributed by atoms with van der Waals surface area (Å²) in [7, 11) is 0. The van der Waals surface area contributed by atoms with Gasteiger partial charge in [0.1, 0.15) is 0 Å². The van der Waals surface area contributed by atoms with Crippen molar-refractivity contribution in [2.24, 2.45) is 5.92 Å². The monoisotopic (exact) mass is 280 g/mol. The highest BCUT2D eigenvalue weighted by molar-refractivity contribution is 5.95. The lowest BCUT2D eigenvalue weighted by atomic mass is 10.1. The SMILES string of the molecule is CCC(CC1CC1)NC(=O)c1ccc(F)c([N+](=O)[O-])c1. The van der Waals surface area contributed by atoms with E-state index in [0.717, 1.165) is 25.0 Å². The second-order valence-corrected chi connectivity index (χ2v) is 5.18. The van der Waals surface area contributed by atoms with E-state index in [-0.39, 0.29) is 17.5 Å². The van der Waals surface area contributed by atoms with Crippen molar-refractivity contribution >= 4 is 11.6 Å². The first kappa shape index (κ1) is 14.4. The van der Waals surface area contributed by atoms with Gasteiger partial charge in [-0.3, -0.25) is 14.9 Å². The minimum absolute atomic E-state index is 0.0686. The van der Waals surface area contributed by atoms with Crippen LogP contribution in [0.2, 0.25) is 0 Å². The average Bonchev–Trinajstić information content (AvgIpc) is 3.21. The summed E-state index contributed by atoms with van der Waals surface area (Å²) in [5.74, 6) is -0.639. The van der Waals surface area contributed by atoms with Crippen LogP contribution in [0, 0.1) is 21.8 Å². The number of carbonyl (C=O) groups is 1. The molecule has 0 bridgehead atoms. The fourth-order valence-corrected chi connectivity index (χ4v) is 2.15. The topological polar surface area (TPSA) is 72.2 Å². The maximum absolute atomic E-state index is 13.2. The molecule has 0 radical (unpaired) electrons. The van der Waals surface area contributed by atoms with Crippen molar-refractivity contribution < 1.29 is 14.1 Å². The van der Waals surface area contributed by atoms with Crippen LogP contribution in [0.4, 0.5) is 10.1 Å². The number of nitrogens with zero attached hydrogens (tertiary/aromatic N) is 1. The molecule has 1 amide bonds. The highest BCUT2D eigenvalue weighted by Crippen LogP contribution is 2.34. The third kappa shape index (κ3) is 3.53. The molecule has 1 aliphatic carbocycles. The van der Waals surface area contributed by atoms with Gasteiger partial charge in [0.05, 0.1) is 4.92 Å². The average molecular weight is 280 g/mol. The number of carbonyl (C=O) groups excluding carboxylic acids is 1. The molecular formula is C14H17FN2O3. The Morgan fingerprint density at radius 2 is 2.25 bits per heavy atom. The molecule has 1 saturated carbocycles.